The third-order valence-electron chi connectivity index (χ3n) is 4.93. The third-order valence-corrected chi connectivity index (χ3v) is 4.93. The van der Waals surface area contributed by atoms with E-state index in [-0.39, 0.29) is 17.9 Å². The minimum atomic E-state index is -0.558. The zero-order valence-corrected chi connectivity index (χ0v) is 16.1. The summed E-state index contributed by atoms with van der Waals surface area (Å²) in [6.07, 6.45) is 0. The minimum absolute atomic E-state index is 0.0230. The fraction of sp³-hybridized carbons (Fsp3) is 0.273. The Morgan fingerprint density at radius 1 is 1.19 bits per heavy atom. The van der Waals surface area contributed by atoms with Crippen LogP contribution in [0.1, 0.15) is 50.3 Å². The second kappa shape index (κ2) is 6.91. The molecule has 0 bridgehead atoms. The second-order valence-electron chi connectivity index (χ2n) is 7.58. The van der Waals surface area contributed by atoms with Gasteiger partial charge in [-0.2, -0.15) is 0 Å². The number of hydrogen-bond acceptors (Lipinski definition) is 2. The monoisotopic (exact) mass is 363 g/mol. The van der Waals surface area contributed by atoms with Crippen LogP contribution in [0.15, 0.2) is 49.0 Å². The molecular weight excluding hydrogens is 338 g/mol. The molecule has 3 N–H and O–H groups in total. The Hall–Kier alpha value is -3.08. The smallest absolute Gasteiger partial charge is 0.319 e. The highest BCUT2D eigenvalue weighted by atomic mass is 16.2. The van der Waals surface area contributed by atoms with Crippen LogP contribution in [0.25, 0.3) is 5.57 Å². The molecule has 1 atom stereocenters. The summed E-state index contributed by atoms with van der Waals surface area (Å²) < 4.78 is 0. The molecule has 2 aromatic carbocycles. The van der Waals surface area contributed by atoms with Gasteiger partial charge in [0.1, 0.15) is 0 Å². The first kappa shape index (κ1) is 18.7. The van der Waals surface area contributed by atoms with Gasteiger partial charge in [0.25, 0.3) is 0 Å². The first-order valence-electron chi connectivity index (χ1n) is 8.98. The maximum Gasteiger partial charge on any atom is 0.319 e. The van der Waals surface area contributed by atoms with Crippen LogP contribution in [0.4, 0.5) is 16.2 Å². The van der Waals surface area contributed by atoms with E-state index in [0.29, 0.717) is 5.69 Å². The Balaban J connectivity index is 1.73. The van der Waals surface area contributed by atoms with E-state index >= 15 is 0 Å². The average molecular weight is 363 g/mol. The van der Waals surface area contributed by atoms with Crippen LogP contribution in [0.2, 0.25) is 0 Å². The van der Waals surface area contributed by atoms with Crippen molar-refractivity contribution in [1.29, 1.82) is 0 Å². The number of carbonyl (C=O) groups is 2. The van der Waals surface area contributed by atoms with Gasteiger partial charge in [-0.15, -0.1) is 0 Å². The van der Waals surface area contributed by atoms with Crippen LogP contribution in [0, 0.1) is 0 Å². The molecule has 1 heterocycles. The summed E-state index contributed by atoms with van der Waals surface area (Å²) in [7, 11) is 0. The number of hydrogen-bond donors (Lipinski definition) is 3. The van der Waals surface area contributed by atoms with Gasteiger partial charge in [-0.05, 0) is 68.7 Å². The lowest BCUT2D eigenvalue weighted by atomic mass is 9.92. The maximum atomic E-state index is 12.5. The highest BCUT2D eigenvalue weighted by Gasteiger charge is 2.27. The van der Waals surface area contributed by atoms with E-state index < -0.39 is 5.54 Å². The predicted molar refractivity (Wildman–Crippen MR) is 110 cm³/mol. The van der Waals surface area contributed by atoms with E-state index in [1.54, 1.807) is 6.07 Å². The normalized spacial score (nSPS) is 15.7. The Morgan fingerprint density at radius 3 is 2.63 bits per heavy atom. The minimum Gasteiger partial charge on any atom is -0.329 e. The Labute approximate surface area is 159 Å². The molecule has 1 aliphatic heterocycles. The first-order chi connectivity index (χ1) is 12.7. The van der Waals surface area contributed by atoms with Crippen molar-refractivity contribution in [3.63, 3.8) is 0 Å². The van der Waals surface area contributed by atoms with Crippen molar-refractivity contribution in [2.45, 2.75) is 39.2 Å². The Kier molecular flexibility index (Phi) is 4.79. The van der Waals surface area contributed by atoms with Gasteiger partial charge in [-0.25, -0.2) is 4.79 Å². The van der Waals surface area contributed by atoms with E-state index in [1.807, 2.05) is 64.1 Å². The molecule has 5 nitrogen and oxygen atoms in total. The zero-order chi connectivity index (χ0) is 19.8. The number of carbonyl (C=O) groups excluding carboxylic acids is 2. The third kappa shape index (κ3) is 3.87. The van der Waals surface area contributed by atoms with Crippen molar-refractivity contribution in [3.8, 4) is 0 Å². The van der Waals surface area contributed by atoms with E-state index in [4.69, 9.17) is 0 Å². The molecule has 3 amide bonds. The SMILES string of the molecule is C=C(C)c1cccc(C(C)(C)NC(=O)Nc2ccc3c(c2)C(C)C(=O)N3)c1. The molecule has 0 fully saturated rings. The van der Waals surface area contributed by atoms with Crippen LogP contribution in [-0.2, 0) is 10.3 Å². The molecule has 0 saturated carbocycles. The van der Waals surface area contributed by atoms with Crippen molar-refractivity contribution >= 4 is 28.9 Å². The molecule has 1 unspecified atom stereocenters. The summed E-state index contributed by atoms with van der Waals surface area (Å²) in [6.45, 7) is 11.7. The molecular formula is C22H25N3O2. The summed E-state index contributed by atoms with van der Waals surface area (Å²) in [5, 5.41) is 8.70. The van der Waals surface area contributed by atoms with Gasteiger partial charge >= 0.3 is 6.03 Å². The van der Waals surface area contributed by atoms with Crippen LogP contribution < -0.4 is 16.0 Å². The molecule has 27 heavy (non-hydrogen) atoms. The lowest BCUT2D eigenvalue weighted by Crippen LogP contribution is -2.43. The number of amides is 3. The lowest BCUT2D eigenvalue weighted by molar-refractivity contribution is -0.116. The number of fused-ring (bicyclic) bond motifs is 1. The number of anilines is 2. The fourth-order valence-electron chi connectivity index (χ4n) is 3.19. The maximum absolute atomic E-state index is 12.5. The van der Waals surface area contributed by atoms with Crippen LogP contribution in [-0.4, -0.2) is 11.9 Å². The van der Waals surface area contributed by atoms with Gasteiger partial charge in [0.15, 0.2) is 0 Å². The highest BCUT2D eigenvalue weighted by Crippen LogP contribution is 2.34. The van der Waals surface area contributed by atoms with Crippen molar-refractivity contribution in [2.75, 3.05) is 10.6 Å². The molecule has 0 radical (unpaired) electrons. The number of nitrogens with one attached hydrogen (secondary N) is 3. The van der Waals surface area contributed by atoms with Gasteiger partial charge in [0.05, 0.1) is 11.5 Å². The molecule has 0 spiro atoms. The van der Waals surface area contributed by atoms with Gasteiger partial charge in [0, 0.05) is 11.4 Å². The Bertz CT molecular complexity index is 931. The largest absolute Gasteiger partial charge is 0.329 e. The first-order valence-corrected chi connectivity index (χ1v) is 8.98. The molecule has 0 aromatic heterocycles. The van der Waals surface area contributed by atoms with E-state index in [9.17, 15) is 9.59 Å². The second-order valence-corrected chi connectivity index (χ2v) is 7.58. The van der Waals surface area contributed by atoms with E-state index in [0.717, 1.165) is 28.0 Å². The van der Waals surface area contributed by atoms with Crippen LogP contribution in [0.5, 0.6) is 0 Å². The topological polar surface area (TPSA) is 70.2 Å². The summed E-state index contributed by atoms with van der Waals surface area (Å²) in [5.74, 6) is -0.240. The lowest BCUT2D eigenvalue weighted by Gasteiger charge is -2.27. The highest BCUT2D eigenvalue weighted by molar-refractivity contribution is 6.03. The summed E-state index contributed by atoms with van der Waals surface area (Å²) in [6, 6.07) is 13.1. The number of urea groups is 1. The summed E-state index contributed by atoms with van der Waals surface area (Å²) in [4.78, 5) is 24.3. The van der Waals surface area contributed by atoms with Crippen molar-refractivity contribution < 1.29 is 9.59 Å². The van der Waals surface area contributed by atoms with E-state index in [2.05, 4.69) is 22.5 Å². The Morgan fingerprint density at radius 2 is 1.93 bits per heavy atom. The number of benzene rings is 2. The molecule has 0 saturated heterocycles. The van der Waals surface area contributed by atoms with E-state index in [1.165, 1.54) is 0 Å². The van der Waals surface area contributed by atoms with Crippen molar-refractivity contribution in [2.24, 2.45) is 0 Å². The fourth-order valence-corrected chi connectivity index (χ4v) is 3.19. The molecule has 140 valence electrons. The van der Waals surface area contributed by atoms with Crippen molar-refractivity contribution in [1.82, 2.24) is 5.32 Å². The van der Waals surface area contributed by atoms with Gasteiger partial charge < -0.3 is 16.0 Å². The summed E-state index contributed by atoms with van der Waals surface area (Å²) >= 11 is 0. The molecule has 2 aromatic rings. The predicted octanol–water partition coefficient (Wildman–Crippen LogP) is 4.83. The molecule has 3 rings (SSSR count). The standard InChI is InChI=1S/C22H25N3O2/c1-13(2)15-7-6-8-16(11-15)22(4,5)25-21(27)23-17-9-10-19-18(12-17)14(3)20(26)24-19/h6-12,14H,1H2,2-5H3,(H,24,26)(H2,23,25,27). The number of allylic oxidation sites excluding steroid dienone is 1. The average Bonchev–Trinajstić information content (AvgIpc) is 2.89. The quantitative estimate of drug-likeness (QED) is 0.728. The molecule has 5 heteroatoms. The van der Waals surface area contributed by atoms with Crippen molar-refractivity contribution in [3.05, 3.63) is 65.7 Å². The van der Waals surface area contributed by atoms with Gasteiger partial charge in [-0.3, -0.25) is 4.79 Å². The van der Waals surface area contributed by atoms with Gasteiger partial charge in [-0.1, -0.05) is 30.4 Å². The zero-order valence-electron chi connectivity index (χ0n) is 16.1. The van der Waals surface area contributed by atoms with Crippen LogP contribution >= 0.6 is 0 Å². The summed E-state index contributed by atoms with van der Waals surface area (Å²) in [5.41, 5.74) is 4.81. The van der Waals surface area contributed by atoms with Gasteiger partial charge in [0.2, 0.25) is 5.91 Å². The van der Waals surface area contributed by atoms with Crippen LogP contribution in [0.3, 0.4) is 0 Å². The number of rotatable bonds is 4. The molecule has 0 aliphatic carbocycles. The molecule has 1 aliphatic rings.